The minimum absolute atomic E-state index is 0.0469. The summed E-state index contributed by atoms with van der Waals surface area (Å²) in [6.07, 6.45) is 3.09. The van der Waals surface area contributed by atoms with E-state index in [1.54, 1.807) is 19.2 Å². The maximum absolute atomic E-state index is 13.0. The molecular weight excluding hydrogens is 174 g/mol. The molecule has 1 aromatic heterocycles. The molecular formula is C9H10F2N2. The molecule has 1 aliphatic rings. The van der Waals surface area contributed by atoms with Crippen LogP contribution in [0.5, 0.6) is 0 Å². The average Bonchev–Trinajstić information content (AvgIpc) is 2.07. The first-order valence-electron chi connectivity index (χ1n) is 4.17. The van der Waals surface area contributed by atoms with E-state index in [4.69, 9.17) is 0 Å². The van der Waals surface area contributed by atoms with E-state index in [-0.39, 0.29) is 6.42 Å². The number of hydrogen-bond acceptors (Lipinski definition) is 2. The molecule has 2 rings (SSSR count). The second-order valence-electron chi connectivity index (χ2n) is 3.23. The highest BCUT2D eigenvalue weighted by Crippen LogP contribution is 2.38. The number of pyridine rings is 1. The molecule has 70 valence electrons. The minimum Gasteiger partial charge on any atom is -0.313 e. The molecule has 1 fully saturated rings. The lowest BCUT2D eigenvalue weighted by atomic mass is 10.1. The number of halogens is 2. The molecule has 1 aliphatic heterocycles. The van der Waals surface area contributed by atoms with Crippen molar-refractivity contribution in [1.29, 1.82) is 0 Å². The van der Waals surface area contributed by atoms with Gasteiger partial charge in [-0.15, -0.1) is 0 Å². The van der Waals surface area contributed by atoms with Crippen LogP contribution in [0.2, 0.25) is 0 Å². The first kappa shape index (κ1) is 8.41. The molecule has 1 aromatic rings. The standard InChI is InChI=1S/C9H10F2N2/c1-7-6-12-4-2-8(7)13-5-3-9(13,10)11/h2,4,6H,3,5H2,1H3. The van der Waals surface area contributed by atoms with Crippen LogP contribution in [0.4, 0.5) is 14.5 Å². The maximum Gasteiger partial charge on any atom is 0.327 e. The summed E-state index contributed by atoms with van der Waals surface area (Å²) < 4.78 is 25.9. The number of aromatic nitrogens is 1. The van der Waals surface area contributed by atoms with Gasteiger partial charge in [-0.1, -0.05) is 0 Å². The van der Waals surface area contributed by atoms with Crippen molar-refractivity contribution in [2.75, 3.05) is 11.4 Å². The zero-order valence-corrected chi connectivity index (χ0v) is 7.30. The summed E-state index contributed by atoms with van der Waals surface area (Å²) in [5, 5.41) is 0. The van der Waals surface area contributed by atoms with Gasteiger partial charge in [0.2, 0.25) is 0 Å². The van der Waals surface area contributed by atoms with Crippen molar-refractivity contribution in [3.63, 3.8) is 0 Å². The largest absolute Gasteiger partial charge is 0.327 e. The quantitative estimate of drug-likeness (QED) is 0.622. The van der Waals surface area contributed by atoms with Gasteiger partial charge >= 0.3 is 6.05 Å². The van der Waals surface area contributed by atoms with Crippen molar-refractivity contribution < 1.29 is 8.78 Å². The lowest BCUT2D eigenvalue weighted by Gasteiger charge is -2.42. The fraction of sp³-hybridized carbons (Fsp3) is 0.444. The molecule has 4 heteroatoms. The van der Waals surface area contributed by atoms with E-state index in [1.165, 1.54) is 6.20 Å². The number of rotatable bonds is 1. The Morgan fingerprint density at radius 3 is 2.77 bits per heavy atom. The van der Waals surface area contributed by atoms with E-state index in [9.17, 15) is 8.78 Å². The van der Waals surface area contributed by atoms with Gasteiger partial charge < -0.3 is 4.90 Å². The zero-order chi connectivity index (χ0) is 9.47. The van der Waals surface area contributed by atoms with Gasteiger partial charge in [0.05, 0.1) is 0 Å². The van der Waals surface area contributed by atoms with E-state index in [0.717, 1.165) is 10.5 Å². The Hall–Kier alpha value is -1.19. The first-order valence-corrected chi connectivity index (χ1v) is 4.17. The van der Waals surface area contributed by atoms with Crippen molar-refractivity contribution in [3.05, 3.63) is 24.0 Å². The van der Waals surface area contributed by atoms with Crippen molar-refractivity contribution >= 4 is 5.69 Å². The molecule has 2 heterocycles. The summed E-state index contributed by atoms with van der Waals surface area (Å²) >= 11 is 0. The van der Waals surface area contributed by atoms with E-state index >= 15 is 0 Å². The Kier molecular flexibility index (Phi) is 1.71. The summed E-state index contributed by atoms with van der Waals surface area (Å²) in [5.41, 5.74) is 1.38. The molecule has 0 aliphatic carbocycles. The molecule has 0 bridgehead atoms. The maximum atomic E-state index is 13.0. The normalized spacial score (nSPS) is 19.8. The summed E-state index contributed by atoms with van der Waals surface area (Å²) in [7, 11) is 0. The van der Waals surface area contributed by atoms with Crippen molar-refractivity contribution in [2.24, 2.45) is 0 Å². The van der Waals surface area contributed by atoms with Crippen LogP contribution in [0.25, 0.3) is 0 Å². The third-order valence-electron chi connectivity index (χ3n) is 2.31. The summed E-state index contributed by atoms with van der Waals surface area (Å²) in [6, 6.07) is -1.03. The Bertz CT molecular complexity index is 325. The molecule has 1 saturated heterocycles. The van der Waals surface area contributed by atoms with Crippen LogP contribution in [0.1, 0.15) is 12.0 Å². The molecule has 0 unspecified atom stereocenters. The fourth-order valence-corrected chi connectivity index (χ4v) is 1.46. The molecule has 0 aromatic carbocycles. The SMILES string of the molecule is Cc1cnccc1N1CCC1(F)F. The highest BCUT2D eigenvalue weighted by molar-refractivity contribution is 5.54. The average molecular weight is 184 g/mol. The van der Waals surface area contributed by atoms with E-state index in [1.807, 2.05) is 0 Å². The fourth-order valence-electron chi connectivity index (χ4n) is 1.46. The van der Waals surface area contributed by atoms with Crippen LogP contribution in [-0.2, 0) is 0 Å². The van der Waals surface area contributed by atoms with Crippen LogP contribution in [-0.4, -0.2) is 17.6 Å². The summed E-state index contributed by atoms with van der Waals surface area (Å²) in [5.74, 6) is 0. The number of nitrogens with zero attached hydrogens (tertiary/aromatic N) is 2. The van der Waals surface area contributed by atoms with Crippen LogP contribution >= 0.6 is 0 Å². The Balaban J connectivity index is 2.32. The molecule has 0 N–H and O–H groups in total. The number of anilines is 1. The summed E-state index contributed by atoms with van der Waals surface area (Å²) in [4.78, 5) is 4.98. The van der Waals surface area contributed by atoms with E-state index in [2.05, 4.69) is 4.98 Å². The first-order chi connectivity index (χ1) is 6.11. The van der Waals surface area contributed by atoms with Crippen molar-refractivity contribution in [1.82, 2.24) is 4.98 Å². The van der Waals surface area contributed by atoms with Crippen molar-refractivity contribution in [3.8, 4) is 0 Å². The van der Waals surface area contributed by atoms with Gasteiger partial charge in [-0.2, -0.15) is 8.78 Å². The van der Waals surface area contributed by atoms with E-state index < -0.39 is 6.05 Å². The summed E-state index contributed by atoms with van der Waals surface area (Å²) in [6.45, 7) is 2.22. The minimum atomic E-state index is -2.66. The molecule has 0 spiro atoms. The van der Waals surface area contributed by atoms with E-state index in [0.29, 0.717) is 12.2 Å². The van der Waals surface area contributed by atoms with Crippen LogP contribution in [0.3, 0.4) is 0 Å². The topological polar surface area (TPSA) is 16.1 Å². The van der Waals surface area contributed by atoms with Crippen LogP contribution in [0.15, 0.2) is 18.5 Å². The second-order valence-corrected chi connectivity index (χ2v) is 3.23. The number of aryl methyl sites for hydroxylation is 1. The molecule has 0 saturated carbocycles. The third-order valence-corrected chi connectivity index (χ3v) is 2.31. The van der Waals surface area contributed by atoms with Crippen molar-refractivity contribution in [2.45, 2.75) is 19.4 Å². The third kappa shape index (κ3) is 1.26. The molecule has 0 radical (unpaired) electrons. The van der Waals surface area contributed by atoms with Crippen LogP contribution in [0, 0.1) is 6.92 Å². The smallest absolute Gasteiger partial charge is 0.313 e. The van der Waals surface area contributed by atoms with Gasteiger partial charge in [0.25, 0.3) is 0 Å². The number of alkyl halides is 2. The molecule has 0 amide bonds. The van der Waals surface area contributed by atoms with Gasteiger partial charge in [0, 0.05) is 31.0 Å². The van der Waals surface area contributed by atoms with Gasteiger partial charge in [-0.25, -0.2) is 0 Å². The van der Waals surface area contributed by atoms with Gasteiger partial charge in [0.1, 0.15) is 0 Å². The predicted molar refractivity (Wildman–Crippen MR) is 45.9 cm³/mol. The molecule has 2 nitrogen and oxygen atoms in total. The lowest BCUT2D eigenvalue weighted by Crippen LogP contribution is -2.54. The number of hydrogen-bond donors (Lipinski definition) is 0. The van der Waals surface area contributed by atoms with Gasteiger partial charge in [-0.05, 0) is 18.6 Å². The van der Waals surface area contributed by atoms with Gasteiger partial charge in [-0.3, -0.25) is 4.98 Å². The lowest BCUT2D eigenvalue weighted by molar-refractivity contribution is -0.0548. The Morgan fingerprint density at radius 2 is 2.31 bits per heavy atom. The molecule has 0 atom stereocenters. The highest BCUT2D eigenvalue weighted by atomic mass is 19.3. The van der Waals surface area contributed by atoms with Crippen LogP contribution < -0.4 is 4.90 Å². The molecule has 13 heavy (non-hydrogen) atoms. The Labute approximate surface area is 75.2 Å². The second kappa shape index (κ2) is 2.65. The zero-order valence-electron chi connectivity index (χ0n) is 7.30. The Morgan fingerprint density at radius 1 is 1.54 bits per heavy atom. The van der Waals surface area contributed by atoms with Gasteiger partial charge in [0.15, 0.2) is 0 Å². The monoisotopic (exact) mass is 184 g/mol. The highest BCUT2D eigenvalue weighted by Gasteiger charge is 2.46. The predicted octanol–water partition coefficient (Wildman–Crippen LogP) is 2.19.